The minimum absolute atomic E-state index is 0.960. The number of rotatable bonds is 4. The fourth-order valence-electron chi connectivity index (χ4n) is 2.50. The van der Waals surface area contributed by atoms with Crippen molar-refractivity contribution in [3.63, 3.8) is 0 Å². The number of nitrogens with two attached hydrogens (primary N) is 1. The number of nitrogens with one attached hydrogen (secondary N) is 2. The number of benzene rings is 1. The molecule has 0 bridgehead atoms. The first-order chi connectivity index (χ1) is 9.33. The van der Waals surface area contributed by atoms with Crippen LogP contribution in [0.25, 0.3) is 10.9 Å². The number of aromatic nitrogens is 1. The van der Waals surface area contributed by atoms with Gasteiger partial charge in [-0.2, -0.15) is 0 Å². The van der Waals surface area contributed by atoms with Crippen LogP contribution in [0, 0.1) is 0 Å². The molecule has 1 aliphatic rings. The third-order valence-corrected chi connectivity index (χ3v) is 3.60. The van der Waals surface area contributed by atoms with Crippen molar-refractivity contribution in [1.29, 1.82) is 0 Å². The SMILES string of the molecule is NC1=CC=C(NCCc2c[nH]c3ccccc23)CC1. The molecule has 0 fully saturated rings. The zero-order valence-corrected chi connectivity index (χ0v) is 10.9. The van der Waals surface area contributed by atoms with Gasteiger partial charge in [-0.3, -0.25) is 0 Å². The summed E-state index contributed by atoms with van der Waals surface area (Å²) < 4.78 is 0. The van der Waals surface area contributed by atoms with E-state index in [0.29, 0.717) is 0 Å². The molecule has 3 nitrogen and oxygen atoms in total. The summed E-state index contributed by atoms with van der Waals surface area (Å²) in [4.78, 5) is 3.31. The van der Waals surface area contributed by atoms with Crippen molar-refractivity contribution in [3.8, 4) is 0 Å². The fraction of sp³-hybridized carbons (Fsp3) is 0.250. The Morgan fingerprint density at radius 3 is 2.89 bits per heavy atom. The molecule has 0 aliphatic heterocycles. The highest BCUT2D eigenvalue weighted by atomic mass is 14.9. The molecule has 3 rings (SSSR count). The van der Waals surface area contributed by atoms with Crippen molar-refractivity contribution < 1.29 is 0 Å². The van der Waals surface area contributed by atoms with E-state index in [0.717, 1.165) is 31.5 Å². The second kappa shape index (κ2) is 5.22. The highest BCUT2D eigenvalue weighted by molar-refractivity contribution is 5.83. The Morgan fingerprint density at radius 1 is 1.16 bits per heavy atom. The minimum atomic E-state index is 0.960. The molecule has 1 aliphatic carbocycles. The Morgan fingerprint density at radius 2 is 2.05 bits per heavy atom. The van der Waals surface area contributed by atoms with Crippen molar-refractivity contribution in [2.24, 2.45) is 5.73 Å². The lowest BCUT2D eigenvalue weighted by molar-refractivity contribution is 0.725. The molecule has 0 saturated carbocycles. The normalized spacial score (nSPS) is 15.2. The van der Waals surface area contributed by atoms with Gasteiger partial charge in [0, 0.05) is 35.0 Å². The summed E-state index contributed by atoms with van der Waals surface area (Å²) in [6.07, 6.45) is 9.22. The van der Waals surface area contributed by atoms with Gasteiger partial charge in [-0.1, -0.05) is 18.2 Å². The van der Waals surface area contributed by atoms with Gasteiger partial charge in [-0.15, -0.1) is 0 Å². The first-order valence-corrected chi connectivity index (χ1v) is 6.77. The fourth-order valence-corrected chi connectivity index (χ4v) is 2.50. The predicted octanol–water partition coefficient (Wildman–Crippen LogP) is 2.82. The monoisotopic (exact) mass is 253 g/mol. The van der Waals surface area contributed by atoms with Crippen LogP contribution in [0.5, 0.6) is 0 Å². The van der Waals surface area contributed by atoms with E-state index in [9.17, 15) is 0 Å². The summed E-state index contributed by atoms with van der Waals surface area (Å²) in [6, 6.07) is 8.43. The van der Waals surface area contributed by atoms with Crippen molar-refractivity contribution in [2.45, 2.75) is 19.3 Å². The number of para-hydroxylation sites is 1. The Balaban J connectivity index is 1.61. The van der Waals surface area contributed by atoms with Gasteiger partial charge in [0.2, 0.25) is 0 Å². The van der Waals surface area contributed by atoms with E-state index in [1.54, 1.807) is 0 Å². The molecule has 3 heteroatoms. The first-order valence-electron chi connectivity index (χ1n) is 6.77. The summed E-state index contributed by atoms with van der Waals surface area (Å²) in [5.74, 6) is 0. The quantitative estimate of drug-likeness (QED) is 0.784. The molecule has 0 amide bonds. The topological polar surface area (TPSA) is 53.8 Å². The molecule has 0 unspecified atom stereocenters. The third kappa shape index (κ3) is 2.65. The van der Waals surface area contributed by atoms with Gasteiger partial charge in [0.1, 0.15) is 0 Å². The molecule has 0 spiro atoms. The Kier molecular flexibility index (Phi) is 3.27. The first kappa shape index (κ1) is 11.9. The average molecular weight is 253 g/mol. The van der Waals surface area contributed by atoms with Crippen molar-refractivity contribution >= 4 is 10.9 Å². The van der Waals surface area contributed by atoms with E-state index in [1.165, 1.54) is 22.2 Å². The van der Waals surface area contributed by atoms with E-state index in [4.69, 9.17) is 5.73 Å². The van der Waals surface area contributed by atoms with Gasteiger partial charge >= 0.3 is 0 Å². The van der Waals surface area contributed by atoms with Gasteiger partial charge in [0.25, 0.3) is 0 Å². The molecule has 0 atom stereocenters. The lowest BCUT2D eigenvalue weighted by Gasteiger charge is -2.14. The van der Waals surface area contributed by atoms with Crippen LogP contribution in [0.15, 0.2) is 54.0 Å². The van der Waals surface area contributed by atoms with E-state index < -0.39 is 0 Å². The Hall–Kier alpha value is -2.16. The number of H-pyrrole nitrogens is 1. The minimum Gasteiger partial charge on any atom is -0.402 e. The maximum absolute atomic E-state index is 5.75. The second-order valence-electron chi connectivity index (χ2n) is 4.97. The summed E-state index contributed by atoms with van der Waals surface area (Å²) in [7, 11) is 0. The van der Waals surface area contributed by atoms with Gasteiger partial charge in [-0.25, -0.2) is 0 Å². The third-order valence-electron chi connectivity index (χ3n) is 3.60. The predicted molar refractivity (Wildman–Crippen MR) is 79.6 cm³/mol. The molecule has 1 aromatic heterocycles. The Bertz CT molecular complexity index is 634. The Labute approximate surface area is 113 Å². The molecule has 0 radical (unpaired) electrons. The number of aromatic amines is 1. The largest absolute Gasteiger partial charge is 0.402 e. The standard InChI is InChI=1S/C16H19N3/c17-13-5-7-14(8-6-13)18-10-9-12-11-19-16-4-2-1-3-15(12)16/h1-5,7,11,18-19H,6,8-10,17H2. The molecular weight excluding hydrogens is 234 g/mol. The van der Waals surface area contributed by atoms with Crippen LogP contribution in [-0.4, -0.2) is 11.5 Å². The van der Waals surface area contributed by atoms with Gasteiger partial charge in [0.15, 0.2) is 0 Å². The van der Waals surface area contributed by atoms with Crippen LogP contribution >= 0.6 is 0 Å². The van der Waals surface area contributed by atoms with E-state index >= 15 is 0 Å². The molecular formula is C16H19N3. The zero-order valence-electron chi connectivity index (χ0n) is 10.9. The van der Waals surface area contributed by atoms with Crippen LogP contribution in [0.3, 0.4) is 0 Å². The number of hydrogen-bond donors (Lipinski definition) is 3. The highest BCUT2D eigenvalue weighted by Crippen LogP contribution is 2.18. The van der Waals surface area contributed by atoms with Gasteiger partial charge < -0.3 is 16.0 Å². The van der Waals surface area contributed by atoms with Crippen molar-refractivity contribution in [1.82, 2.24) is 10.3 Å². The highest BCUT2D eigenvalue weighted by Gasteiger charge is 2.05. The molecule has 0 saturated heterocycles. The molecule has 2 aromatic rings. The summed E-state index contributed by atoms with van der Waals surface area (Å²) in [5.41, 5.74) is 10.6. The van der Waals surface area contributed by atoms with Crippen LogP contribution in [-0.2, 0) is 6.42 Å². The molecule has 98 valence electrons. The van der Waals surface area contributed by atoms with E-state index in [2.05, 4.69) is 46.8 Å². The van der Waals surface area contributed by atoms with Crippen LogP contribution in [0.1, 0.15) is 18.4 Å². The molecule has 4 N–H and O–H groups in total. The summed E-state index contributed by atoms with van der Waals surface area (Å²) >= 11 is 0. The zero-order chi connectivity index (χ0) is 13.1. The maximum Gasteiger partial charge on any atom is 0.0456 e. The number of allylic oxidation sites excluding steroid dienone is 4. The van der Waals surface area contributed by atoms with E-state index in [1.807, 2.05) is 6.08 Å². The van der Waals surface area contributed by atoms with Crippen LogP contribution in [0.4, 0.5) is 0 Å². The summed E-state index contributed by atoms with van der Waals surface area (Å²) in [5, 5.41) is 4.82. The lowest BCUT2D eigenvalue weighted by Crippen LogP contribution is -2.18. The van der Waals surface area contributed by atoms with Crippen LogP contribution < -0.4 is 11.1 Å². The average Bonchev–Trinajstić information content (AvgIpc) is 2.85. The van der Waals surface area contributed by atoms with Crippen molar-refractivity contribution in [3.05, 3.63) is 59.6 Å². The van der Waals surface area contributed by atoms with Crippen LogP contribution in [0.2, 0.25) is 0 Å². The van der Waals surface area contributed by atoms with Gasteiger partial charge in [0.05, 0.1) is 0 Å². The maximum atomic E-state index is 5.75. The van der Waals surface area contributed by atoms with Crippen molar-refractivity contribution in [2.75, 3.05) is 6.54 Å². The van der Waals surface area contributed by atoms with Gasteiger partial charge in [-0.05, 0) is 43.0 Å². The van der Waals surface area contributed by atoms with E-state index in [-0.39, 0.29) is 0 Å². The lowest BCUT2D eigenvalue weighted by atomic mass is 10.1. The molecule has 1 heterocycles. The number of fused-ring (bicyclic) bond motifs is 1. The second-order valence-corrected chi connectivity index (χ2v) is 4.97. The summed E-state index contributed by atoms with van der Waals surface area (Å²) in [6.45, 7) is 0.960. The number of hydrogen-bond acceptors (Lipinski definition) is 2. The molecule has 1 aromatic carbocycles. The smallest absolute Gasteiger partial charge is 0.0456 e. The molecule has 19 heavy (non-hydrogen) atoms.